The number of carbonyl (C=O) groups is 2. The Morgan fingerprint density at radius 1 is 1.43 bits per heavy atom. The van der Waals surface area contributed by atoms with Crippen LogP contribution in [0.5, 0.6) is 0 Å². The molecule has 1 aliphatic rings. The van der Waals surface area contributed by atoms with Gasteiger partial charge in [0, 0.05) is 19.1 Å². The maximum absolute atomic E-state index is 12.4. The van der Waals surface area contributed by atoms with E-state index in [4.69, 9.17) is 14.4 Å². The maximum atomic E-state index is 12.4. The van der Waals surface area contributed by atoms with Crippen LogP contribution >= 0.6 is 0 Å². The number of nitrogens with zero attached hydrogens (tertiary/aromatic N) is 1. The van der Waals surface area contributed by atoms with Crippen molar-refractivity contribution >= 4 is 11.9 Å². The minimum absolute atomic E-state index is 0.102. The molecule has 0 saturated heterocycles. The molecule has 1 unspecified atom stereocenters. The molecule has 0 spiro atoms. The summed E-state index contributed by atoms with van der Waals surface area (Å²) in [6, 6.07) is 0. The second-order valence-corrected chi connectivity index (χ2v) is 5.66. The second-order valence-electron chi connectivity index (χ2n) is 5.66. The van der Waals surface area contributed by atoms with E-state index >= 15 is 0 Å². The van der Waals surface area contributed by atoms with Crippen LogP contribution in [-0.4, -0.2) is 41.4 Å². The molecule has 1 atom stereocenters. The van der Waals surface area contributed by atoms with Gasteiger partial charge in [0.05, 0.1) is 18.6 Å². The number of amides is 1. The Morgan fingerprint density at radius 3 is 2.81 bits per heavy atom. The Morgan fingerprint density at radius 2 is 2.14 bits per heavy atom. The lowest BCUT2D eigenvalue weighted by Gasteiger charge is -2.28. The molecule has 0 aliphatic heterocycles. The van der Waals surface area contributed by atoms with Gasteiger partial charge < -0.3 is 19.7 Å². The fourth-order valence-electron chi connectivity index (χ4n) is 2.68. The molecule has 0 fully saturated rings. The summed E-state index contributed by atoms with van der Waals surface area (Å²) in [5.74, 6) is -0.655. The molecular weight excluding hydrogens is 276 g/mol. The van der Waals surface area contributed by atoms with Gasteiger partial charge in [-0.05, 0) is 26.2 Å². The number of fused-ring (bicyclic) bond motifs is 1. The third-order valence-electron chi connectivity index (χ3n) is 3.58. The number of aromatic nitrogens is 1. The lowest BCUT2D eigenvalue weighted by molar-refractivity contribution is -0.139. The molecule has 21 heavy (non-hydrogen) atoms. The molecule has 116 valence electrons. The Hall–Kier alpha value is -1.89. The first-order valence-electron chi connectivity index (χ1n) is 6.96. The highest BCUT2D eigenvalue weighted by atomic mass is 16.5. The molecule has 1 aromatic rings. The molecule has 0 aromatic carbocycles. The molecule has 1 aromatic heterocycles. The first kappa shape index (κ1) is 15.5. The van der Waals surface area contributed by atoms with Crippen molar-refractivity contribution in [1.29, 1.82) is 0 Å². The lowest BCUT2D eigenvalue weighted by Crippen LogP contribution is -2.51. The summed E-state index contributed by atoms with van der Waals surface area (Å²) in [5, 5.41) is 15.5. The number of rotatable bonds is 6. The van der Waals surface area contributed by atoms with Crippen molar-refractivity contribution in [2.24, 2.45) is 0 Å². The highest BCUT2D eigenvalue weighted by Gasteiger charge is 2.32. The minimum atomic E-state index is -1.00. The van der Waals surface area contributed by atoms with Crippen molar-refractivity contribution in [3.8, 4) is 0 Å². The van der Waals surface area contributed by atoms with E-state index in [1.807, 2.05) is 0 Å². The van der Waals surface area contributed by atoms with Gasteiger partial charge in [-0.25, -0.2) is 0 Å². The number of hydrogen-bond acceptors (Lipinski definition) is 5. The number of ether oxygens (including phenoxy) is 1. The number of carbonyl (C=O) groups excluding carboxylic acids is 1. The molecule has 0 radical (unpaired) electrons. The zero-order valence-corrected chi connectivity index (χ0v) is 12.3. The maximum Gasteiger partial charge on any atom is 0.305 e. The summed E-state index contributed by atoms with van der Waals surface area (Å²) < 4.78 is 10.2. The first-order chi connectivity index (χ1) is 9.95. The summed E-state index contributed by atoms with van der Waals surface area (Å²) in [4.78, 5) is 23.3. The third kappa shape index (κ3) is 3.60. The topological polar surface area (TPSA) is 102 Å². The highest BCUT2D eigenvalue weighted by molar-refractivity contribution is 5.94. The van der Waals surface area contributed by atoms with Crippen LogP contribution in [0, 0.1) is 0 Å². The van der Waals surface area contributed by atoms with Crippen molar-refractivity contribution in [2.45, 2.75) is 44.6 Å². The Balaban J connectivity index is 2.15. The van der Waals surface area contributed by atoms with Crippen LogP contribution in [-0.2, 0) is 22.4 Å². The predicted octanol–water partition coefficient (Wildman–Crippen LogP) is 1.16. The monoisotopic (exact) mass is 296 g/mol. The zero-order chi connectivity index (χ0) is 15.5. The predicted molar refractivity (Wildman–Crippen MR) is 73.1 cm³/mol. The Kier molecular flexibility index (Phi) is 4.62. The van der Waals surface area contributed by atoms with Crippen LogP contribution in [0.15, 0.2) is 4.52 Å². The summed E-state index contributed by atoms with van der Waals surface area (Å²) in [6.07, 6.45) is 3.36. The first-order valence-corrected chi connectivity index (χ1v) is 6.96. The zero-order valence-electron chi connectivity index (χ0n) is 12.3. The summed E-state index contributed by atoms with van der Waals surface area (Å²) >= 11 is 0. The van der Waals surface area contributed by atoms with Crippen LogP contribution in [0.2, 0.25) is 0 Å². The largest absolute Gasteiger partial charge is 0.481 e. The van der Waals surface area contributed by atoms with Gasteiger partial charge in [0.1, 0.15) is 5.76 Å². The van der Waals surface area contributed by atoms with Gasteiger partial charge in [-0.3, -0.25) is 9.59 Å². The Bertz CT molecular complexity index is 539. The van der Waals surface area contributed by atoms with Gasteiger partial charge in [0.25, 0.3) is 5.91 Å². The molecule has 7 heteroatoms. The standard InChI is InChI=1S/C14H20N2O5/c1-14(8-20-2,7-11(17)18)15-13(19)12-9-5-3-4-6-10(9)21-16-12/h3-8H2,1-2H3,(H,15,19)(H,17,18). The van der Waals surface area contributed by atoms with E-state index in [0.717, 1.165) is 37.0 Å². The number of carboxylic acids is 1. The van der Waals surface area contributed by atoms with E-state index in [-0.39, 0.29) is 18.7 Å². The van der Waals surface area contributed by atoms with E-state index in [1.54, 1.807) is 6.92 Å². The van der Waals surface area contributed by atoms with Gasteiger partial charge in [-0.15, -0.1) is 0 Å². The average molecular weight is 296 g/mol. The molecule has 0 bridgehead atoms. The van der Waals surface area contributed by atoms with Gasteiger partial charge in [-0.2, -0.15) is 0 Å². The number of nitrogens with one attached hydrogen (secondary N) is 1. The fraction of sp³-hybridized carbons (Fsp3) is 0.643. The van der Waals surface area contributed by atoms with E-state index in [2.05, 4.69) is 10.5 Å². The van der Waals surface area contributed by atoms with E-state index in [9.17, 15) is 9.59 Å². The van der Waals surface area contributed by atoms with Crippen molar-refractivity contribution in [1.82, 2.24) is 10.5 Å². The number of carboxylic acid groups (broad SMARTS) is 1. The quantitative estimate of drug-likeness (QED) is 0.817. The molecule has 1 aliphatic carbocycles. The van der Waals surface area contributed by atoms with Gasteiger partial charge >= 0.3 is 5.97 Å². The number of hydrogen-bond donors (Lipinski definition) is 2. The van der Waals surface area contributed by atoms with E-state index in [1.165, 1.54) is 7.11 Å². The van der Waals surface area contributed by atoms with Gasteiger partial charge in [0.2, 0.25) is 0 Å². The van der Waals surface area contributed by atoms with Crippen molar-refractivity contribution < 1.29 is 24.0 Å². The summed E-state index contributed by atoms with van der Waals surface area (Å²) in [7, 11) is 1.46. The highest BCUT2D eigenvalue weighted by Crippen LogP contribution is 2.24. The van der Waals surface area contributed by atoms with Gasteiger partial charge in [0.15, 0.2) is 5.69 Å². The van der Waals surface area contributed by atoms with Gasteiger partial charge in [-0.1, -0.05) is 5.16 Å². The van der Waals surface area contributed by atoms with Crippen LogP contribution in [0.25, 0.3) is 0 Å². The van der Waals surface area contributed by atoms with Crippen molar-refractivity contribution in [3.63, 3.8) is 0 Å². The normalized spacial score (nSPS) is 16.9. The lowest BCUT2D eigenvalue weighted by atomic mass is 9.95. The smallest absolute Gasteiger partial charge is 0.305 e. The van der Waals surface area contributed by atoms with Crippen LogP contribution in [0.1, 0.15) is 48.0 Å². The SMILES string of the molecule is COCC(C)(CC(=O)O)NC(=O)c1noc2c1CCCC2. The molecule has 1 heterocycles. The second kappa shape index (κ2) is 6.26. The summed E-state index contributed by atoms with van der Waals surface area (Å²) in [5.41, 5.74) is 0.115. The Labute approximate surface area is 122 Å². The van der Waals surface area contributed by atoms with E-state index in [0.29, 0.717) is 0 Å². The molecule has 2 rings (SSSR count). The molecule has 7 nitrogen and oxygen atoms in total. The third-order valence-corrected chi connectivity index (χ3v) is 3.58. The minimum Gasteiger partial charge on any atom is -0.481 e. The van der Waals surface area contributed by atoms with Crippen molar-refractivity contribution in [2.75, 3.05) is 13.7 Å². The number of aryl methyl sites for hydroxylation is 1. The van der Waals surface area contributed by atoms with E-state index < -0.39 is 17.4 Å². The number of aliphatic carboxylic acids is 1. The van der Waals surface area contributed by atoms with Crippen LogP contribution in [0.3, 0.4) is 0 Å². The summed E-state index contributed by atoms with van der Waals surface area (Å²) in [6.45, 7) is 1.74. The molecule has 0 saturated carbocycles. The van der Waals surface area contributed by atoms with Crippen LogP contribution < -0.4 is 5.32 Å². The van der Waals surface area contributed by atoms with Crippen molar-refractivity contribution in [3.05, 3.63) is 17.0 Å². The molecule has 1 amide bonds. The average Bonchev–Trinajstić information content (AvgIpc) is 2.81. The molecule has 2 N–H and O–H groups in total. The van der Waals surface area contributed by atoms with Crippen LogP contribution in [0.4, 0.5) is 0 Å². The fourth-order valence-corrected chi connectivity index (χ4v) is 2.68. The number of methoxy groups -OCH3 is 1. The molecular formula is C14H20N2O5.